The van der Waals surface area contributed by atoms with Gasteiger partial charge in [0.25, 0.3) is 0 Å². The highest BCUT2D eigenvalue weighted by Crippen LogP contribution is 2.21. The normalized spacial score (nSPS) is 14.5. The van der Waals surface area contributed by atoms with Gasteiger partial charge in [0.1, 0.15) is 0 Å². The molecule has 1 aliphatic carbocycles. The van der Waals surface area contributed by atoms with Crippen LogP contribution in [0, 0.1) is 0 Å². The van der Waals surface area contributed by atoms with E-state index in [1.54, 1.807) is 18.2 Å². The van der Waals surface area contributed by atoms with Crippen LogP contribution in [0.15, 0.2) is 24.3 Å². The highest BCUT2D eigenvalue weighted by molar-refractivity contribution is 6.50. The molecule has 64 valence electrons. The molecule has 0 radical (unpaired) electrons. The lowest BCUT2D eigenvalue weighted by Gasteiger charge is -2.07. The SMILES string of the molecule is O=C1C=Cc2ccc(Cl)cc2C1=O. The summed E-state index contributed by atoms with van der Waals surface area (Å²) in [5.41, 5.74) is 1.13. The molecule has 0 saturated carbocycles. The first-order valence-corrected chi connectivity index (χ1v) is 4.12. The van der Waals surface area contributed by atoms with Gasteiger partial charge < -0.3 is 0 Å². The summed E-state index contributed by atoms with van der Waals surface area (Å²) < 4.78 is 0. The van der Waals surface area contributed by atoms with E-state index in [4.69, 9.17) is 11.6 Å². The minimum absolute atomic E-state index is 0.389. The van der Waals surface area contributed by atoms with Gasteiger partial charge in [-0.15, -0.1) is 0 Å². The third-order valence-electron chi connectivity index (χ3n) is 1.90. The lowest BCUT2D eigenvalue weighted by molar-refractivity contribution is -0.110. The third kappa shape index (κ3) is 1.29. The molecule has 0 atom stereocenters. The van der Waals surface area contributed by atoms with Crippen LogP contribution >= 0.6 is 11.6 Å². The van der Waals surface area contributed by atoms with Crippen molar-refractivity contribution in [3.8, 4) is 0 Å². The van der Waals surface area contributed by atoms with Gasteiger partial charge in [-0.25, -0.2) is 0 Å². The van der Waals surface area contributed by atoms with Crippen LogP contribution in [0.3, 0.4) is 0 Å². The topological polar surface area (TPSA) is 34.1 Å². The zero-order valence-corrected chi connectivity index (χ0v) is 7.34. The van der Waals surface area contributed by atoms with E-state index in [0.717, 1.165) is 5.56 Å². The molecule has 0 spiro atoms. The second-order valence-corrected chi connectivity index (χ2v) is 3.19. The first-order valence-electron chi connectivity index (χ1n) is 3.75. The lowest BCUT2D eigenvalue weighted by Crippen LogP contribution is -2.15. The molecule has 0 unspecified atom stereocenters. The summed E-state index contributed by atoms with van der Waals surface area (Å²) in [5, 5.41) is 0.468. The van der Waals surface area contributed by atoms with E-state index in [0.29, 0.717) is 10.6 Å². The van der Waals surface area contributed by atoms with Crippen LogP contribution in [-0.4, -0.2) is 11.6 Å². The largest absolute Gasteiger partial charge is 0.286 e. The average Bonchev–Trinajstić information content (AvgIpc) is 2.12. The van der Waals surface area contributed by atoms with Crippen LogP contribution in [0.1, 0.15) is 15.9 Å². The van der Waals surface area contributed by atoms with Crippen molar-refractivity contribution in [2.45, 2.75) is 0 Å². The Morgan fingerprint density at radius 2 is 1.85 bits per heavy atom. The Kier molecular flexibility index (Phi) is 1.78. The molecule has 0 aliphatic heterocycles. The van der Waals surface area contributed by atoms with E-state index in [2.05, 4.69) is 0 Å². The molecule has 0 aromatic heterocycles. The summed E-state index contributed by atoms with van der Waals surface area (Å²) in [6.45, 7) is 0. The molecule has 1 aromatic rings. The number of carbonyl (C=O) groups is 2. The van der Waals surface area contributed by atoms with Gasteiger partial charge in [0.05, 0.1) is 0 Å². The Hall–Kier alpha value is -1.41. The molecule has 2 rings (SSSR count). The van der Waals surface area contributed by atoms with Gasteiger partial charge in [-0.1, -0.05) is 23.7 Å². The molecule has 0 heterocycles. The van der Waals surface area contributed by atoms with Crippen molar-refractivity contribution in [3.05, 3.63) is 40.4 Å². The summed E-state index contributed by atoms with van der Waals surface area (Å²) in [4.78, 5) is 22.3. The summed E-state index contributed by atoms with van der Waals surface area (Å²) in [7, 11) is 0. The first kappa shape index (κ1) is 8.20. The van der Waals surface area contributed by atoms with E-state index in [-0.39, 0.29) is 0 Å². The number of ketones is 2. The number of hydrogen-bond acceptors (Lipinski definition) is 2. The predicted molar refractivity (Wildman–Crippen MR) is 49.8 cm³/mol. The Morgan fingerprint density at radius 1 is 1.08 bits per heavy atom. The van der Waals surface area contributed by atoms with Gasteiger partial charge in [-0.05, 0) is 23.8 Å². The molecule has 0 N–H and O–H groups in total. The average molecular weight is 193 g/mol. The zero-order valence-electron chi connectivity index (χ0n) is 6.58. The van der Waals surface area contributed by atoms with Gasteiger partial charge in [0.2, 0.25) is 11.6 Å². The second-order valence-electron chi connectivity index (χ2n) is 2.76. The number of carbonyl (C=O) groups excluding carboxylic acids is 2. The quantitative estimate of drug-likeness (QED) is 0.590. The van der Waals surface area contributed by atoms with E-state index in [9.17, 15) is 9.59 Å². The van der Waals surface area contributed by atoms with Gasteiger partial charge in [-0.2, -0.15) is 0 Å². The number of fused-ring (bicyclic) bond motifs is 1. The molecule has 13 heavy (non-hydrogen) atoms. The molecular weight excluding hydrogens is 188 g/mol. The number of allylic oxidation sites excluding steroid dienone is 1. The van der Waals surface area contributed by atoms with Crippen molar-refractivity contribution >= 4 is 29.2 Å². The van der Waals surface area contributed by atoms with Crippen molar-refractivity contribution in [2.75, 3.05) is 0 Å². The number of rotatable bonds is 0. The van der Waals surface area contributed by atoms with Crippen molar-refractivity contribution < 1.29 is 9.59 Å². The van der Waals surface area contributed by atoms with E-state index < -0.39 is 11.6 Å². The predicted octanol–water partition coefficient (Wildman–Crippen LogP) is 2.12. The molecular formula is C10H5ClO2. The van der Waals surface area contributed by atoms with Crippen LogP contribution in [0.2, 0.25) is 5.02 Å². The number of halogens is 1. The number of Topliss-reactive ketones (excluding diaryl/α,β-unsaturated/α-hetero) is 1. The van der Waals surface area contributed by atoms with Crippen LogP contribution < -0.4 is 0 Å². The molecule has 3 heteroatoms. The summed E-state index contributed by atoms with van der Waals surface area (Å²) in [5.74, 6) is -0.977. The Morgan fingerprint density at radius 3 is 2.62 bits per heavy atom. The number of benzene rings is 1. The number of hydrogen-bond donors (Lipinski definition) is 0. The maximum Gasteiger partial charge on any atom is 0.233 e. The molecule has 1 aromatic carbocycles. The molecule has 0 fully saturated rings. The maximum absolute atomic E-state index is 11.3. The van der Waals surface area contributed by atoms with Gasteiger partial charge in [0, 0.05) is 10.6 Å². The first-order chi connectivity index (χ1) is 6.18. The van der Waals surface area contributed by atoms with Gasteiger partial charge in [-0.3, -0.25) is 9.59 Å². The molecule has 0 amide bonds. The van der Waals surface area contributed by atoms with E-state index in [1.165, 1.54) is 12.1 Å². The molecule has 0 saturated heterocycles. The van der Waals surface area contributed by atoms with Crippen molar-refractivity contribution in [3.63, 3.8) is 0 Å². The highest BCUT2D eigenvalue weighted by atomic mass is 35.5. The Labute approximate surface area is 79.8 Å². The fraction of sp³-hybridized carbons (Fsp3) is 0. The smallest absolute Gasteiger partial charge is 0.233 e. The van der Waals surface area contributed by atoms with Crippen molar-refractivity contribution in [1.29, 1.82) is 0 Å². The fourth-order valence-corrected chi connectivity index (χ4v) is 1.42. The highest BCUT2D eigenvalue weighted by Gasteiger charge is 2.20. The Balaban J connectivity index is 2.67. The van der Waals surface area contributed by atoms with Gasteiger partial charge in [0.15, 0.2) is 0 Å². The van der Waals surface area contributed by atoms with Gasteiger partial charge >= 0.3 is 0 Å². The maximum atomic E-state index is 11.3. The minimum Gasteiger partial charge on any atom is -0.286 e. The fourth-order valence-electron chi connectivity index (χ4n) is 1.24. The van der Waals surface area contributed by atoms with E-state index >= 15 is 0 Å². The minimum atomic E-state index is -0.491. The molecule has 2 nitrogen and oxygen atoms in total. The van der Waals surface area contributed by atoms with Crippen LogP contribution in [0.25, 0.3) is 6.08 Å². The third-order valence-corrected chi connectivity index (χ3v) is 2.13. The van der Waals surface area contributed by atoms with E-state index in [1.807, 2.05) is 0 Å². The van der Waals surface area contributed by atoms with Crippen molar-refractivity contribution in [1.82, 2.24) is 0 Å². The monoisotopic (exact) mass is 192 g/mol. The van der Waals surface area contributed by atoms with Crippen LogP contribution in [0.5, 0.6) is 0 Å². The van der Waals surface area contributed by atoms with Crippen molar-refractivity contribution in [2.24, 2.45) is 0 Å². The Bertz CT molecular complexity index is 433. The summed E-state index contributed by atoms with van der Waals surface area (Å²) in [6, 6.07) is 4.92. The molecule has 1 aliphatic rings. The standard InChI is InChI=1S/C10H5ClO2/c11-7-3-1-6-2-4-9(12)10(13)8(6)5-7/h1-5H. The second kappa shape index (κ2) is 2.82. The summed E-state index contributed by atoms with van der Waals surface area (Å²) >= 11 is 5.70. The zero-order chi connectivity index (χ0) is 9.42. The molecule has 0 bridgehead atoms. The van der Waals surface area contributed by atoms with Crippen LogP contribution in [0.4, 0.5) is 0 Å². The van der Waals surface area contributed by atoms with Crippen LogP contribution in [-0.2, 0) is 4.79 Å². The lowest BCUT2D eigenvalue weighted by atomic mass is 9.96. The summed E-state index contributed by atoms with van der Waals surface area (Å²) in [6.07, 6.45) is 2.90.